The summed E-state index contributed by atoms with van der Waals surface area (Å²) in [5.74, 6) is 1.83. The van der Waals surface area contributed by atoms with E-state index in [4.69, 9.17) is 18.6 Å². The van der Waals surface area contributed by atoms with Crippen LogP contribution in [0.1, 0.15) is 11.1 Å². The van der Waals surface area contributed by atoms with Gasteiger partial charge in [0.15, 0.2) is 0 Å². The number of nitrogens with zero attached hydrogens (tertiary/aromatic N) is 2. The number of anilines is 2. The fraction of sp³-hybridized carbons (Fsp3) is 0.0833. The van der Waals surface area contributed by atoms with Crippen LogP contribution in [0.2, 0.25) is 0 Å². The fourth-order valence-corrected chi connectivity index (χ4v) is 2.51. The predicted octanol–water partition coefficient (Wildman–Crippen LogP) is 0.629. The van der Waals surface area contributed by atoms with Crippen molar-refractivity contribution < 1.29 is 51.3 Å². The Kier molecular flexibility index (Phi) is 14.4. The average molecular weight is 576 g/mol. The maximum atomic E-state index is 8.49. The summed E-state index contributed by atoms with van der Waals surface area (Å²) in [5.41, 5.74) is 2.52. The second-order valence-electron chi connectivity index (χ2n) is 6.49. The molecule has 8 nitrogen and oxygen atoms in total. The summed E-state index contributed by atoms with van der Waals surface area (Å²) >= 11 is 0. The van der Waals surface area contributed by atoms with Gasteiger partial charge in [-0.2, -0.15) is 0 Å². The smallest absolute Gasteiger partial charge is 0.366 e. The van der Waals surface area contributed by atoms with E-state index >= 15 is 0 Å². The van der Waals surface area contributed by atoms with Crippen LogP contribution in [0.25, 0.3) is 0 Å². The number of rotatable bonds is 6. The number of nitrogens with one attached hydrogen (secondary N) is 2. The normalized spacial score (nSPS) is 9.76. The zero-order chi connectivity index (χ0) is 23.8. The summed E-state index contributed by atoms with van der Waals surface area (Å²) in [6.07, 6.45) is 3.57. The van der Waals surface area contributed by atoms with Gasteiger partial charge in [0.05, 0.1) is 0 Å². The Morgan fingerprint density at radius 2 is 0.853 bits per heavy atom. The van der Waals surface area contributed by atoms with E-state index in [0.717, 1.165) is 24.7 Å². The second-order valence-corrected chi connectivity index (χ2v) is 7.24. The SMILES string of the molecule is [Ag+].[O-][Cl+3]([O-])([O-])[O-].c1ccc(CNc2ccccn2)cc1.c1ccc(CNc2ccccn2)cc1. The van der Waals surface area contributed by atoms with Gasteiger partial charge in [0, 0.05) is 25.5 Å². The van der Waals surface area contributed by atoms with Crippen molar-refractivity contribution in [2.24, 2.45) is 0 Å². The van der Waals surface area contributed by atoms with E-state index in [1.165, 1.54) is 11.1 Å². The monoisotopic (exact) mass is 574 g/mol. The third-order valence-corrected chi connectivity index (χ3v) is 3.96. The summed E-state index contributed by atoms with van der Waals surface area (Å²) in [6.45, 7) is 1.63. The van der Waals surface area contributed by atoms with Crippen molar-refractivity contribution in [1.29, 1.82) is 0 Å². The molecule has 2 aromatic carbocycles. The second kappa shape index (κ2) is 16.8. The minimum Gasteiger partial charge on any atom is -0.366 e. The molecular weight excluding hydrogens is 552 g/mol. The quantitative estimate of drug-likeness (QED) is 0.319. The fourth-order valence-electron chi connectivity index (χ4n) is 2.51. The van der Waals surface area contributed by atoms with E-state index in [1.807, 2.05) is 72.8 Å². The van der Waals surface area contributed by atoms with Gasteiger partial charge in [-0.25, -0.2) is 28.6 Å². The maximum Gasteiger partial charge on any atom is 1.00 e. The molecule has 0 aliphatic rings. The van der Waals surface area contributed by atoms with Crippen LogP contribution in [0.4, 0.5) is 11.6 Å². The minimum atomic E-state index is -4.94. The summed E-state index contributed by atoms with van der Waals surface area (Å²) in [5, 5.41) is 6.50. The Morgan fingerprint density at radius 1 is 0.529 bits per heavy atom. The predicted molar refractivity (Wildman–Crippen MR) is 116 cm³/mol. The van der Waals surface area contributed by atoms with Crippen LogP contribution in [0.15, 0.2) is 109 Å². The molecule has 4 aromatic rings. The number of pyridine rings is 2. The number of benzene rings is 2. The topological polar surface area (TPSA) is 142 Å². The molecule has 0 aliphatic carbocycles. The summed E-state index contributed by atoms with van der Waals surface area (Å²) in [4.78, 5) is 8.37. The largest absolute Gasteiger partial charge is 1.00 e. The molecule has 0 aliphatic heterocycles. The van der Waals surface area contributed by atoms with Gasteiger partial charge in [-0.3, -0.25) is 0 Å². The van der Waals surface area contributed by atoms with Gasteiger partial charge in [0.2, 0.25) is 0 Å². The van der Waals surface area contributed by atoms with Crippen LogP contribution in [0.3, 0.4) is 0 Å². The van der Waals surface area contributed by atoms with Gasteiger partial charge < -0.3 is 10.6 Å². The van der Waals surface area contributed by atoms with E-state index in [0.29, 0.717) is 0 Å². The molecule has 0 radical (unpaired) electrons. The van der Waals surface area contributed by atoms with Gasteiger partial charge in [0.25, 0.3) is 0 Å². The molecular formula is C24H24AgClN4O4. The van der Waals surface area contributed by atoms with Crippen LogP contribution < -0.4 is 29.3 Å². The minimum absolute atomic E-state index is 0. The first kappa shape index (κ1) is 29.2. The molecule has 0 atom stereocenters. The zero-order valence-electron chi connectivity index (χ0n) is 18.0. The molecule has 34 heavy (non-hydrogen) atoms. The molecule has 0 unspecified atom stereocenters. The standard InChI is InChI=1S/2C12H12N2.Ag.ClHO4/c2*1-2-6-11(7-3-1)10-14-12-8-4-5-9-13-12;;2-1(3,4)5/h2*1-9H,10H2,(H,13,14);;(H,2,3,4,5)/q;;+1;/p-1. The van der Waals surface area contributed by atoms with Gasteiger partial charge >= 0.3 is 22.4 Å². The van der Waals surface area contributed by atoms with E-state index < -0.39 is 10.2 Å². The van der Waals surface area contributed by atoms with Crippen molar-refractivity contribution >= 4 is 11.6 Å². The number of aromatic nitrogens is 2. The molecule has 0 saturated carbocycles. The maximum absolute atomic E-state index is 8.49. The zero-order valence-corrected chi connectivity index (χ0v) is 20.3. The van der Waals surface area contributed by atoms with Gasteiger partial charge in [-0.15, -0.1) is 10.2 Å². The first-order valence-electron chi connectivity index (χ1n) is 9.89. The average Bonchev–Trinajstić information content (AvgIpc) is 2.84. The molecule has 0 spiro atoms. The molecule has 0 fully saturated rings. The Labute approximate surface area is 216 Å². The molecule has 2 heterocycles. The Morgan fingerprint density at radius 3 is 1.15 bits per heavy atom. The van der Waals surface area contributed by atoms with Crippen molar-refractivity contribution in [2.45, 2.75) is 13.1 Å². The molecule has 2 N–H and O–H groups in total. The molecule has 4 rings (SSSR count). The Balaban J connectivity index is 0.000000278. The molecule has 10 heteroatoms. The Bertz CT molecular complexity index is 849. The number of halogens is 1. The van der Waals surface area contributed by atoms with Crippen molar-refractivity contribution in [1.82, 2.24) is 9.97 Å². The van der Waals surface area contributed by atoms with Gasteiger partial charge in [-0.05, 0) is 35.4 Å². The molecule has 0 amide bonds. The van der Waals surface area contributed by atoms with Crippen LogP contribution in [0.5, 0.6) is 0 Å². The molecule has 0 saturated heterocycles. The van der Waals surface area contributed by atoms with E-state index in [1.54, 1.807) is 12.4 Å². The van der Waals surface area contributed by atoms with Gasteiger partial charge in [-0.1, -0.05) is 72.8 Å². The van der Waals surface area contributed by atoms with Crippen LogP contribution in [-0.2, 0) is 35.5 Å². The number of hydrogen-bond acceptors (Lipinski definition) is 8. The third-order valence-electron chi connectivity index (χ3n) is 3.96. The summed E-state index contributed by atoms with van der Waals surface area (Å²) < 4.78 is 34.0. The van der Waals surface area contributed by atoms with Gasteiger partial charge in [0.1, 0.15) is 11.6 Å². The molecule has 0 bridgehead atoms. The first-order valence-corrected chi connectivity index (χ1v) is 11.1. The summed E-state index contributed by atoms with van der Waals surface area (Å²) in [6, 6.07) is 32.2. The van der Waals surface area contributed by atoms with Crippen LogP contribution in [-0.4, -0.2) is 9.97 Å². The van der Waals surface area contributed by atoms with Crippen molar-refractivity contribution in [3.05, 3.63) is 121 Å². The van der Waals surface area contributed by atoms with Crippen molar-refractivity contribution in [2.75, 3.05) is 10.6 Å². The van der Waals surface area contributed by atoms with E-state index in [9.17, 15) is 0 Å². The third kappa shape index (κ3) is 15.1. The van der Waals surface area contributed by atoms with Crippen LogP contribution in [0, 0.1) is 10.2 Å². The molecule has 182 valence electrons. The van der Waals surface area contributed by atoms with E-state index in [2.05, 4.69) is 44.9 Å². The first-order chi connectivity index (χ1) is 15.9. The molecule has 2 aromatic heterocycles. The van der Waals surface area contributed by atoms with E-state index in [-0.39, 0.29) is 22.4 Å². The van der Waals surface area contributed by atoms with Crippen molar-refractivity contribution in [3.63, 3.8) is 0 Å². The van der Waals surface area contributed by atoms with Crippen LogP contribution >= 0.6 is 0 Å². The Hall–Kier alpha value is -2.79. The summed E-state index contributed by atoms with van der Waals surface area (Å²) in [7, 11) is -4.94. The number of hydrogen-bond donors (Lipinski definition) is 2. The van der Waals surface area contributed by atoms with Crippen molar-refractivity contribution in [3.8, 4) is 0 Å².